The van der Waals surface area contributed by atoms with E-state index < -0.39 is 0 Å². The maximum absolute atomic E-state index is 12.3. The number of benzene rings is 1. The predicted octanol–water partition coefficient (Wildman–Crippen LogP) is 2.28. The molecule has 0 saturated heterocycles. The average Bonchev–Trinajstić information content (AvgIpc) is 2.87. The van der Waals surface area contributed by atoms with Gasteiger partial charge in [-0.05, 0) is 24.3 Å². The van der Waals surface area contributed by atoms with E-state index in [4.69, 9.17) is 10.5 Å². The van der Waals surface area contributed by atoms with Gasteiger partial charge in [0.2, 0.25) is 0 Å². The molecule has 0 unspecified atom stereocenters. The fourth-order valence-electron chi connectivity index (χ4n) is 1.66. The molecule has 0 radical (unpaired) electrons. The van der Waals surface area contributed by atoms with Crippen molar-refractivity contribution >= 4 is 0 Å². The lowest BCUT2D eigenvalue weighted by Gasteiger charge is -2.08. The van der Waals surface area contributed by atoms with E-state index in [0.29, 0.717) is 17.7 Å². The molecule has 1 aromatic carbocycles. The topological polar surface area (TPSA) is 53.1 Å². The number of aromatic nitrogens is 2. The first-order chi connectivity index (χ1) is 9.24. The van der Waals surface area contributed by atoms with Crippen LogP contribution in [0.2, 0.25) is 0 Å². The maximum atomic E-state index is 12.3. The van der Waals surface area contributed by atoms with Crippen LogP contribution in [0, 0.1) is 0 Å². The molecule has 0 fully saturated rings. The van der Waals surface area contributed by atoms with Gasteiger partial charge in [-0.1, -0.05) is 0 Å². The molecule has 0 saturated carbocycles. The van der Waals surface area contributed by atoms with Gasteiger partial charge in [-0.25, -0.2) is 9.37 Å². The van der Waals surface area contributed by atoms with Gasteiger partial charge in [0.1, 0.15) is 18.2 Å². The zero-order chi connectivity index (χ0) is 13.7. The van der Waals surface area contributed by atoms with Crippen molar-refractivity contribution < 1.29 is 9.13 Å². The van der Waals surface area contributed by atoms with Gasteiger partial charge in [-0.2, -0.15) is 0 Å². The Morgan fingerprint density at radius 3 is 2.68 bits per heavy atom. The molecule has 0 spiro atoms. The highest BCUT2D eigenvalue weighted by Gasteiger charge is 2.03. The maximum Gasteiger partial charge on any atom is 0.139 e. The van der Waals surface area contributed by atoms with E-state index in [1.165, 1.54) is 0 Å². The molecule has 2 rings (SSSR count). The number of nitrogens with zero attached hydrogens (tertiary/aromatic N) is 2. The summed E-state index contributed by atoms with van der Waals surface area (Å²) in [5.41, 5.74) is 6.78. The van der Waals surface area contributed by atoms with E-state index in [1.54, 1.807) is 6.20 Å². The second-order valence-corrected chi connectivity index (χ2v) is 4.15. The number of imidazole rings is 1. The minimum atomic E-state index is 0.155. The van der Waals surface area contributed by atoms with Crippen molar-refractivity contribution in [1.82, 2.24) is 9.55 Å². The molecule has 0 atom stereocenters. The molecule has 4 nitrogen and oxygen atoms in total. The summed E-state index contributed by atoms with van der Waals surface area (Å²) in [7, 11) is 1.94. The Morgan fingerprint density at radius 2 is 2.16 bits per heavy atom. The Hall–Kier alpha value is -2.14. The molecular weight excluding hydrogens is 245 g/mol. The van der Waals surface area contributed by atoms with Gasteiger partial charge in [0.25, 0.3) is 0 Å². The number of hydrogen-bond acceptors (Lipinski definition) is 3. The van der Waals surface area contributed by atoms with Gasteiger partial charge in [-0.3, -0.25) is 0 Å². The van der Waals surface area contributed by atoms with Crippen LogP contribution in [0.4, 0.5) is 4.39 Å². The quantitative estimate of drug-likeness (QED) is 0.898. The Labute approximate surface area is 111 Å². The van der Waals surface area contributed by atoms with Crippen LogP contribution in [0.5, 0.6) is 5.75 Å². The lowest BCUT2D eigenvalue weighted by molar-refractivity contribution is 0.347. The minimum absolute atomic E-state index is 0.155. The van der Waals surface area contributed by atoms with E-state index in [0.717, 1.165) is 11.4 Å². The fourth-order valence-corrected chi connectivity index (χ4v) is 1.66. The summed E-state index contributed by atoms with van der Waals surface area (Å²) in [5.74, 6) is 1.56. The molecule has 1 heterocycles. The lowest BCUT2D eigenvalue weighted by Crippen LogP contribution is -2.10. The van der Waals surface area contributed by atoms with Crippen LogP contribution < -0.4 is 10.5 Å². The van der Waals surface area contributed by atoms with Gasteiger partial charge < -0.3 is 15.0 Å². The van der Waals surface area contributed by atoms with Crippen LogP contribution in [0.3, 0.4) is 0 Å². The van der Waals surface area contributed by atoms with Gasteiger partial charge in [0.15, 0.2) is 0 Å². The van der Waals surface area contributed by atoms with Crippen LogP contribution >= 0.6 is 0 Å². The Morgan fingerprint density at radius 1 is 1.42 bits per heavy atom. The molecule has 2 N–H and O–H groups in total. The Kier molecular flexibility index (Phi) is 4.30. The number of ether oxygens (including phenoxy) is 1. The first kappa shape index (κ1) is 13.3. The van der Waals surface area contributed by atoms with E-state index in [1.807, 2.05) is 42.1 Å². The van der Waals surface area contributed by atoms with Gasteiger partial charge in [0.05, 0.1) is 6.33 Å². The summed E-state index contributed by atoms with van der Waals surface area (Å²) in [6, 6.07) is 7.49. The third kappa shape index (κ3) is 3.20. The molecule has 5 heteroatoms. The first-order valence-electron chi connectivity index (χ1n) is 5.93. The van der Waals surface area contributed by atoms with Gasteiger partial charge >= 0.3 is 0 Å². The normalized spacial score (nSPS) is 11.6. The van der Waals surface area contributed by atoms with E-state index in [2.05, 4.69) is 4.98 Å². The van der Waals surface area contributed by atoms with Crippen molar-refractivity contribution in [1.29, 1.82) is 0 Å². The molecule has 100 valence electrons. The van der Waals surface area contributed by atoms with Crippen LogP contribution in [-0.2, 0) is 7.05 Å². The number of hydrogen-bond donors (Lipinski definition) is 1. The van der Waals surface area contributed by atoms with Crippen LogP contribution in [-0.4, -0.2) is 22.7 Å². The third-order valence-electron chi connectivity index (χ3n) is 2.77. The van der Waals surface area contributed by atoms with Crippen molar-refractivity contribution in [3.63, 3.8) is 0 Å². The summed E-state index contributed by atoms with van der Waals surface area (Å²) in [5, 5.41) is 0. The molecule has 0 bridgehead atoms. The van der Waals surface area contributed by atoms with Crippen molar-refractivity contribution in [2.24, 2.45) is 12.8 Å². The van der Waals surface area contributed by atoms with E-state index in [9.17, 15) is 4.39 Å². The summed E-state index contributed by atoms with van der Waals surface area (Å²) >= 11 is 0. The predicted molar refractivity (Wildman–Crippen MR) is 72.4 cm³/mol. The van der Waals surface area contributed by atoms with E-state index in [-0.39, 0.29) is 13.2 Å². The Balaban J connectivity index is 2.05. The molecule has 2 aromatic rings. The summed E-state index contributed by atoms with van der Waals surface area (Å²) in [6.07, 6.45) is 4.13. The molecular formula is C14H16FN3O. The SMILES string of the molecule is Cn1ccnc1-c1ccc(OC/C(=C/F)CN)cc1. The number of rotatable bonds is 5. The fraction of sp³-hybridized carbons (Fsp3) is 0.214. The highest BCUT2D eigenvalue weighted by molar-refractivity contribution is 5.56. The molecule has 0 aliphatic rings. The number of aryl methyl sites for hydroxylation is 1. The zero-order valence-corrected chi connectivity index (χ0v) is 10.7. The van der Waals surface area contributed by atoms with Crippen molar-refractivity contribution in [3.05, 3.63) is 48.6 Å². The first-order valence-corrected chi connectivity index (χ1v) is 5.93. The monoisotopic (exact) mass is 261 g/mol. The largest absolute Gasteiger partial charge is 0.489 e. The molecule has 19 heavy (non-hydrogen) atoms. The minimum Gasteiger partial charge on any atom is -0.489 e. The smallest absolute Gasteiger partial charge is 0.139 e. The molecule has 0 aliphatic carbocycles. The average molecular weight is 261 g/mol. The van der Waals surface area contributed by atoms with Crippen LogP contribution in [0.1, 0.15) is 0 Å². The second-order valence-electron chi connectivity index (χ2n) is 4.15. The van der Waals surface area contributed by atoms with Crippen molar-refractivity contribution in [2.45, 2.75) is 0 Å². The Bertz CT molecular complexity index is 560. The summed E-state index contributed by atoms with van der Waals surface area (Å²) < 4.78 is 19.7. The standard InChI is InChI=1S/C14H16FN3O/c1-18-7-6-17-14(18)12-2-4-13(5-3-12)19-10-11(8-15)9-16/h2-8H,9-10,16H2,1H3/b11-8+. The molecule has 0 amide bonds. The number of halogens is 1. The number of nitrogens with two attached hydrogens (primary N) is 1. The van der Waals surface area contributed by atoms with Crippen molar-refractivity contribution in [2.75, 3.05) is 13.2 Å². The molecule has 1 aromatic heterocycles. The molecule has 0 aliphatic heterocycles. The van der Waals surface area contributed by atoms with Crippen LogP contribution in [0.15, 0.2) is 48.6 Å². The second kappa shape index (κ2) is 6.15. The van der Waals surface area contributed by atoms with Crippen LogP contribution in [0.25, 0.3) is 11.4 Å². The summed E-state index contributed by atoms with van der Waals surface area (Å²) in [4.78, 5) is 4.26. The summed E-state index contributed by atoms with van der Waals surface area (Å²) in [6.45, 7) is 0.316. The van der Waals surface area contributed by atoms with Gasteiger partial charge in [0, 0.05) is 37.1 Å². The van der Waals surface area contributed by atoms with Crippen molar-refractivity contribution in [3.8, 4) is 17.1 Å². The zero-order valence-electron chi connectivity index (χ0n) is 10.7. The highest BCUT2D eigenvalue weighted by Crippen LogP contribution is 2.20. The third-order valence-corrected chi connectivity index (χ3v) is 2.77. The van der Waals surface area contributed by atoms with Gasteiger partial charge in [-0.15, -0.1) is 0 Å². The highest BCUT2D eigenvalue weighted by atomic mass is 19.1. The van der Waals surface area contributed by atoms with E-state index >= 15 is 0 Å². The lowest BCUT2D eigenvalue weighted by atomic mass is 10.2.